The summed E-state index contributed by atoms with van der Waals surface area (Å²) in [5, 5.41) is 3.04. The second kappa shape index (κ2) is 6.69. The van der Waals surface area contributed by atoms with Gasteiger partial charge in [0.15, 0.2) is 0 Å². The van der Waals surface area contributed by atoms with Crippen molar-refractivity contribution in [3.8, 4) is 0 Å². The minimum Gasteiger partial charge on any atom is -0.349 e. The average molecular weight is 334 g/mol. The number of nitrogens with zero attached hydrogens (tertiary/aromatic N) is 3. The van der Waals surface area contributed by atoms with Crippen LogP contribution in [-0.2, 0) is 17.9 Å². The first-order chi connectivity index (χ1) is 12.2. The zero-order chi connectivity index (χ0) is 17.2. The molecule has 0 saturated carbocycles. The van der Waals surface area contributed by atoms with Crippen molar-refractivity contribution >= 4 is 11.6 Å². The molecule has 25 heavy (non-hydrogen) atoms. The van der Waals surface area contributed by atoms with Crippen molar-refractivity contribution in [2.24, 2.45) is 0 Å². The molecule has 0 radical (unpaired) electrons. The maximum absolute atomic E-state index is 12.5. The zero-order valence-electron chi connectivity index (χ0n) is 14.4. The highest BCUT2D eigenvalue weighted by molar-refractivity contribution is 5.82. The van der Waals surface area contributed by atoms with E-state index in [-0.39, 0.29) is 11.9 Å². The van der Waals surface area contributed by atoms with Crippen LogP contribution in [0.1, 0.15) is 23.4 Å². The van der Waals surface area contributed by atoms with E-state index in [4.69, 9.17) is 0 Å². The molecular formula is C20H22N4O. The number of fused-ring (bicyclic) bond motifs is 1. The van der Waals surface area contributed by atoms with Crippen LogP contribution in [0.5, 0.6) is 0 Å². The predicted octanol–water partition coefficient (Wildman–Crippen LogP) is 2.53. The smallest absolute Gasteiger partial charge is 0.237 e. The molecule has 1 aliphatic heterocycles. The Hall–Kier alpha value is -2.66. The predicted molar refractivity (Wildman–Crippen MR) is 97.0 cm³/mol. The van der Waals surface area contributed by atoms with Crippen LogP contribution in [0.4, 0.5) is 0 Å². The molecular weight excluding hydrogens is 312 g/mol. The highest BCUT2D eigenvalue weighted by Gasteiger charge is 2.33. The number of aromatic nitrogens is 2. The van der Waals surface area contributed by atoms with Crippen LogP contribution in [-0.4, -0.2) is 32.8 Å². The van der Waals surface area contributed by atoms with E-state index in [1.807, 2.05) is 53.9 Å². The van der Waals surface area contributed by atoms with E-state index in [9.17, 15) is 4.79 Å². The summed E-state index contributed by atoms with van der Waals surface area (Å²) < 4.78 is 2.05. The Morgan fingerprint density at radius 1 is 1.20 bits per heavy atom. The minimum absolute atomic E-state index is 0.0287. The van der Waals surface area contributed by atoms with E-state index in [1.54, 1.807) is 0 Å². The fraction of sp³-hybridized carbons (Fsp3) is 0.300. The number of aryl methyl sites for hydroxylation is 1. The molecule has 128 valence electrons. The van der Waals surface area contributed by atoms with Crippen molar-refractivity contribution in [3.63, 3.8) is 0 Å². The Morgan fingerprint density at radius 3 is 2.76 bits per heavy atom. The van der Waals surface area contributed by atoms with Gasteiger partial charge in [-0.15, -0.1) is 0 Å². The number of carbonyl (C=O) groups excluding carboxylic acids is 1. The molecule has 1 aliphatic rings. The van der Waals surface area contributed by atoms with Gasteiger partial charge in [0.25, 0.3) is 0 Å². The van der Waals surface area contributed by atoms with Gasteiger partial charge in [-0.05, 0) is 31.0 Å². The van der Waals surface area contributed by atoms with Crippen LogP contribution in [0.25, 0.3) is 5.65 Å². The van der Waals surface area contributed by atoms with Gasteiger partial charge in [0.05, 0.1) is 18.3 Å². The third-order valence-electron chi connectivity index (χ3n) is 4.85. The molecule has 1 amide bonds. The van der Waals surface area contributed by atoms with Gasteiger partial charge in [-0.2, -0.15) is 0 Å². The maximum atomic E-state index is 12.5. The number of nitrogens with one attached hydrogen (secondary N) is 1. The van der Waals surface area contributed by atoms with E-state index in [0.717, 1.165) is 36.5 Å². The molecule has 1 saturated heterocycles. The van der Waals surface area contributed by atoms with Crippen molar-refractivity contribution in [1.82, 2.24) is 19.6 Å². The molecule has 1 atom stereocenters. The third kappa shape index (κ3) is 3.28. The summed E-state index contributed by atoms with van der Waals surface area (Å²) in [7, 11) is 0. The summed E-state index contributed by atoms with van der Waals surface area (Å²) in [6, 6.07) is 16.3. The highest BCUT2D eigenvalue weighted by atomic mass is 16.2. The third-order valence-corrected chi connectivity index (χ3v) is 4.85. The number of carbonyl (C=O) groups is 1. The summed E-state index contributed by atoms with van der Waals surface area (Å²) >= 11 is 0. The van der Waals surface area contributed by atoms with Crippen LogP contribution < -0.4 is 5.32 Å². The molecule has 3 aromatic rings. The van der Waals surface area contributed by atoms with E-state index in [1.165, 1.54) is 5.56 Å². The van der Waals surface area contributed by atoms with Crippen LogP contribution in [0.3, 0.4) is 0 Å². The number of hydrogen-bond acceptors (Lipinski definition) is 3. The summed E-state index contributed by atoms with van der Waals surface area (Å²) in [5.41, 5.74) is 4.18. The summed E-state index contributed by atoms with van der Waals surface area (Å²) in [4.78, 5) is 19.3. The van der Waals surface area contributed by atoms with Gasteiger partial charge in [-0.1, -0.05) is 36.4 Å². The van der Waals surface area contributed by atoms with Crippen molar-refractivity contribution in [2.75, 3.05) is 6.54 Å². The van der Waals surface area contributed by atoms with Crippen LogP contribution in [0.2, 0.25) is 0 Å². The lowest BCUT2D eigenvalue weighted by Gasteiger charge is -2.39. The zero-order valence-corrected chi connectivity index (χ0v) is 14.4. The number of pyridine rings is 1. The van der Waals surface area contributed by atoms with Crippen molar-refractivity contribution < 1.29 is 4.79 Å². The van der Waals surface area contributed by atoms with Gasteiger partial charge >= 0.3 is 0 Å². The fourth-order valence-corrected chi connectivity index (χ4v) is 3.32. The molecule has 1 N–H and O–H groups in total. The first kappa shape index (κ1) is 15.8. The van der Waals surface area contributed by atoms with Gasteiger partial charge in [-0.25, -0.2) is 4.98 Å². The normalized spacial score (nSPS) is 17.4. The molecule has 1 aromatic carbocycles. The molecule has 5 heteroatoms. The van der Waals surface area contributed by atoms with Gasteiger partial charge < -0.3 is 9.72 Å². The molecule has 4 rings (SSSR count). The van der Waals surface area contributed by atoms with Crippen molar-refractivity contribution in [2.45, 2.75) is 32.5 Å². The topological polar surface area (TPSA) is 49.6 Å². The first-order valence-electron chi connectivity index (χ1n) is 8.70. The standard InChI is InChI=1S/C20H22N4O/c1-15-6-5-9-19-22-17(14-24(15)19)12-21-20(25)18-10-11-23(18)13-16-7-3-2-4-8-16/h2-9,14,18H,10-13H2,1H3,(H,21,25)/t18-/m1/s1. The molecule has 0 bridgehead atoms. The van der Waals surface area contributed by atoms with Crippen LogP contribution in [0.15, 0.2) is 54.7 Å². The molecule has 1 fully saturated rings. The van der Waals surface area contributed by atoms with Crippen LogP contribution in [0, 0.1) is 6.92 Å². The second-order valence-corrected chi connectivity index (χ2v) is 6.61. The number of likely N-dealkylation sites (tertiary alicyclic amines) is 1. The van der Waals surface area contributed by atoms with E-state index < -0.39 is 0 Å². The quantitative estimate of drug-likeness (QED) is 0.780. The lowest BCUT2D eigenvalue weighted by molar-refractivity contribution is -0.131. The molecule has 0 unspecified atom stereocenters. The summed E-state index contributed by atoms with van der Waals surface area (Å²) in [5.74, 6) is 0.0935. The Labute approximate surface area is 147 Å². The van der Waals surface area contributed by atoms with Gasteiger partial charge in [0.1, 0.15) is 5.65 Å². The highest BCUT2D eigenvalue weighted by Crippen LogP contribution is 2.20. The molecule has 0 spiro atoms. The second-order valence-electron chi connectivity index (χ2n) is 6.61. The van der Waals surface area contributed by atoms with E-state index in [2.05, 4.69) is 27.3 Å². The average Bonchev–Trinajstić information content (AvgIpc) is 3.02. The van der Waals surface area contributed by atoms with Gasteiger partial charge in [0.2, 0.25) is 5.91 Å². The number of imidazole rings is 1. The van der Waals surface area contributed by atoms with Crippen LogP contribution >= 0.6 is 0 Å². The Kier molecular flexibility index (Phi) is 4.24. The van der Waals surface area contributed by atoms with Crippen molar-refractivity contribution in [1.29, 1.82) is 0 Å². The summed E-state index contributed by atoms with van der Waals surface area (Å²) in [6.07, 6.45) is 2.91. The minimum atomic E-state index is -0.0287. The van der Waals surface area contributed by atoms with Gasteiger partial charge in [0, 0.05) is 25.0 Å². The molecule has 2 aromatic heterocycles. The Morgan fingerprint density at radius 2 is 2.04 bits per heavy atom. The molecule has 5 nitrogen and oxygen atoms in total. The monoisotopic (exact) mass is 334 g/mol. The van der Waals surface area contributed by atoms with E-state index >= 15 is 0 Å². The molecule has 0 aliphatic carbocycles. The van der Waals surface area contributed by atoms with Crippen molar-refractivity contribution in [3.05, 3.63) is 71.7 Å². The lowest BCUT2D eigenvalue weighted by atomic mass is 10.0. The largest absolute Gasteiger partial charge is 0.349 e. The Bertz CT molecular complexity index is 887. The number of benzene rings is 1. The SMILES string of the molecule is Cc1cccc2nc(CNC(=O)[C@H]3CCN3Cc3ccccc3)cn12. The maximum Gasteiger partial charge on any atom is 0.237 e. The first-order valence-corrected chi connectivity index (χ1v) is 8.70. The molecule has 3 heterocycles. The van der Waals surface area contributed by atoms with E-state index in [0.29, 0.717) is 6.54 Å². The Balaban J connectivity index is 1.36. The lowest BCUT2D eigenvalue weighted by Crippen LogP contribution is -2.55. The fourth-order valence-electron chi connectivity index (χ4n) is 3.32. The number of amides is 1. The number of hydrogen-bond donors (Lipinski definition) is 1. The summed E-state index contributed by atoms with van der Waals surface area (Å²) in [6.45, 7) is 4.31. The van der Waals surface area contributed by atoms with Gasteiger partial charge in [-0.3, -0.25) is 9.69 Å². The number of rotatable bonds is 5.